The molecule has 0 aliphatic rings. The molecular weight excluding hydrogens is 285 g/mol. The zero-order valence-electron chi connectivity index (χ0n) is 11.7. The van der Waals surface area contributed by atoms with Gasteiger partial charge in [-0.3, -0.25) is 9.20 Å². The zero-order chi connectivity index (χ0) is 15.5. The van der Waals surface area contributed by atoms with E-state index in [0.717, 1.165) is 11.1 Å². The topological polar surface area (TPSA) is 69.6 Å². The summed E-state index contributed by atoms with van der Waals surface area (Å²) in [4.78, 5) is 15.3. The molecule has 0 spiro atoms. The first-order chi connectivity index (χ1) is 10.7. The van der Waals surface area contributed by atoms with E-state index in [0.29, 0.717) is 23.4 Å². The van der Waals surface area contributed by atoms with Crippen LogP contribution in [0.25, 0.3) is 16.8 Å². The first-order valence-electron chi connectivity index (χ1n) is 6.75. The molecule has 0 fully saturated rings. The van der Waals surface area contributed by atoms with Gasteiger partial charge in [0.2, 0.25) is 0 Å². The number of anilines is 1. The van der Waals surface area contributed by atoms with E-state index in [-0.39, 0.29) is 12.4 Å². The summed E-state index contributed by atoms with van der Waals surface area (Å²) in [7, 11) is 0. The molecule has 0 bridgehead atoms. The Labute approximate surface area is 126 Å². The van der Waals surface area contributed by atoms with Crippen LogP contribution in [-0.2, 0) is 0 Å². The predicted octanol–water partition coefficient (Wildman–Crippen LogP) is 2.74. The van der Waals surface area contributed by atoms with E-state index in [2.05, 4.69) is 4.98 Å². The van der Waals surface area contributed by atoms with Crippen LogP contribution in [0.1, 0.15) is 10.5 Å². The molecule has 0 saturated carbocycles. The number of carbonyl (C=O) groups excluding carboxylic acids is 1. The number of alkyl halides is 1. The van der Waals surface area contributed by atoms with E-state index in [1.165, 1.54) is 0 Å². The van der Waals surface area contributed by atoms with E-state index in [9.17, 15) is 9.18 Å². The third-order valence-electron chi connectivity index (χ3n) is 3.33. The molecule has 0 aliphatic heterocycles. The molecule has 0 unspecified atom stereocenters. The number of pyridine rings is 1. The minimum atomic E-state index is -0.555. The number of nitrogens with two attached hydrogens (primary N) is 1. The number of aromatic nitrogens is 2. The van der Waals surface area contributed by atoms with Crippen molar-refractivity contribution in [1.29, 1.82) is 0 Å². The number of hydrogen-bond donors (Lipinski definition) is 1. The lowest BCUT2D eigenvalue weighted by Crippen LogP contribution is -2.00. The number of nitrogen functional groups attached to an aromatic ring is 1. The van der Waals surface area contributed by atoms with E-state index in [1.807, 2.05) is 24.3 Å². The number of fused-ring (bicyclic) bond motifs is 1. The molecule has 0 radical (unpaired) electrons. The summed E-state index contributed by atoms with van der Waals surface area (Å²) in [5.41, 5.74) is 8.24. The summed E-state index contributed by atoms with van der Waals surface area (Å²) >= 11 is 0. The lowest BCUT2D eigenvalue weighted by Gasteiger charge is -2.11. The van der Waals surface area contributed by atoms with Crippen molar-refractivity contribution in [2.75, 3.05) is 19.0 Å². The van der Waals surface area contributed by atoms with Crippen molar-refractivity contribution < 1.29 is 13.9 Å². The number of imidazole rings is 1. The molecule has 0 saturated heterocycles. The highest BCUT2D eigenvalue weighted by atomic mass is 19.1. The Morgan fingerprint density at radius 1 is 1.27 bits per heavy atom. The fourth-order valence-corrected chi connectivity index (χ4v) is 2.34. The van der Waals surface area contributed by atoms with Gasteiger partial charge in [0.15, 0.2) is 12.1 Å². The van der Waals surface area contributed by atoms with Gasteiger partial charge in [-0.05, 0) is 18.2 Å². The van der Waals surface area contributed by atoms with Crippen LogP contribution >= 0.6 is 0 Å². The Kier molecular flexibility index (Phi) is 3.74. The van der Waals surface area contributed by atoms with Gasteiger partial charge >= 0.3 is 0 Å². The monoisotopic (exact) mass is 299 g/mol. The smallest absolute Gasteiger partial charge is 0.170 e. The van der Waals surface area contributed by atoms with Crippen molar-refractivity contribution in [3.05, 3.63) is 48.3 Å². The molecule has 0 atom stereocenters. The molecule has 112 valence electrons. The lowest BCUT2D eigenvalue weighted by atomic mass is 10.1. The summed E-state index contributed by atoms with van der Waals surface area (Å²) in [6.07, 6.45) is 2.44. The molecule has 0 amide bonds. The predicted molar refractivity (Wildman–Crippen MR) is 81.9 cm³/mol. The first kappa shape index (κ1) is 14.1. The number of benzene rings is 1. The third kappa shape index (κ3) is 2.39. The SMILES string of the molecule is Nc1nc2ccc(-c3ccccc3OCCF)cn2c1C=O. The molecule has 2 N–H and O–H groups in total. The van der Waals surface area contributed by atoms with Gasteiger partial charge in [0.25, 0.3) is 0 Å². The maximum Gasteiger partial charge on any atom is 0.170 e. The summed E-state index contributed by atoms with van der Waals surface area (Å²) in [6.45, 7) is -0.558. The highest BCUT2D eigenvalue weighted by Gasteiger charge is 2.11. The van der Waals surface area contributed by atoms with Gasteiger partial charge in [-0.25, -0.2) is 9.37 Å². The zero-order valence-corrected chi connectivity index (χ0v) is 11.7. The van der Waals surface area contributed by atoms with Gasteiger partial charge in [-0.2, -0.15) is 0 Å². The van der Waals surface area contributed by atoms with E-state index < -0.39 is 6.67 Å². The second kappa shape index (κ2) is 5.85. The number of hydrogen-bond acceptors (Lipinski definition) is 4. The van der Waals surface area contributed by atoms with Crippen molar-refractivity contribution in [1.82, 2.24) is 9.38 Å². The Balaban J connectivity index is 2.12. The quantitative estimate of drug-likeness (QED) is 0.735. The van der Waals surface area contributed by atoms with Crippen LogP contribution in [0, 0.1) is 0 Å². The van der Waals surface area contributed by atoms with Crippen LogP contribution in [0.5, 0.6) is 5.75 Å². The average Bonchev–Trinajstić information content (AvgIpc) is 2.87. The van der Waals surface area contributed by atoms with Crippen LogP contribution in [0.2, 0.25) is 0 Å². The molecule has 2 heterocycles. The van der Waals surface area contributed by atoms with Crippen molar-refractivity contribution in [3.8, 4) is 16.9 Å². The average molecular weight is 299 g/mol. The van der Waals surface area contributed by atoms with E-state index in [1.54, 1.807) is 22.7 Å². The number of aldehydes is 1. The standard InChI is InChI=1S/C16H14FN3O2/c17-7-8-22-14-4-2-1-3-12(14)11-5-6-15-19-16(18)13(10-21)20(15)9-11/h1-6,9-10H,7-8,18H2. The second-order valence-corrected chi connectivity index (χ2v) is 4.68. The number of carbonyl (C=O) groups is 1. The second-order valence-electron chi connectivity index (χ2n) is 4.68. The molecule has 5 nitrogen and oxygen atoms in total. The summed E-state index contributed by atoms with van der Waals surface area (Å²) in [5, 5.41) is 0. The highest BCUT2D eigenvalue weighted by Crippen LogP contribution is 2.30. The maximum absolute atomic E-state index is 12.3. The molecule has 1 aromatic carbocycles. The minimum Gasteiger partial charge on any atom is -0.490 e. The van der Waals surface area contributed by atoms with Gasteiger partial charge in [0.1, 0.15) is 30.4 Å². The van der Waals surface area contributed by atoms with Crippen LogP contribution < -0.4 is 10.5 Å². The van der Waals surface area contributed by atoms with Crippen molar-refractivity contribution in [2.24, 2.45) is 0 Å². The lowest BCUT2D eigenvalue weighted by molar-refractivity contribution is 0.111. The van der Waals surface area contributed by atoms with Gasteiger partial charge in [0, 0.05) is 17.3 Å². The van der Waals surface area contributed by atoms with Gasteiger partial charge in [-0.15, -0.1) is 0 Å². The molecule has 22 heavy (non-hydrogen) atoms. The van der Waals surface area contributed by atoms with Gasteiger partial charge in [-0.1, -0.05) is 18.2 Å². The molecular formula is C16H14FN3O2. The molecule has 2 aromatic heterocycles. The summed E-state index contributed by atoms with van der Waals surface area (Å²) < 4.78 is 19.4. The number of halogens is 1. The Bertz CT molecular complexity index is 829. The molecule has 3 rings (SSSR count). The normalized spacial score (nSPS) is 10.8. The third-order valence-corrected chi connectivity index (χ3v) is 3.33. The van der Waals surface area contributed by atoms with Crippen LogP contribution in [0.4, 0.5) is 10.2 Å². The molecule has 0 aliphatic carbocycles. The van der Waals surface area contributed by atoms with E-state index >= 15 is 0 Å². The van der Waals surface area contributed by atoms with Crippen molar-refractivity contribution in [2.45, 2.75) is 0 Å². The van der Waals surface area contributed by atoms with Crippen LogP contribution in [0.3, 0.4) is 0 Å². The maximum atomic E-state index is 12.3. The molecule has 3 aromatic rings. The van der Waals surface area contributed by atoms with Crippen molar-refractivity contribution in [3.63, 3.8) is 0 Å². The highest BCUT2D eigenvalue weighted by molar-refractivity contribution is 5.83. The Morgan fingerprint density at radius 3 is 2.86 bits per heavy atom. The first-order valence-corrected chi connectivity index (χ1v) is 6.75. The summed E-state index contributed by atoms with van der Waals surface area (Å²) in [6, 6.07) is 11.0. The van der Waals surface area contributed by atoms with Crippen LogP contribution in [0.15, 0.2) is 42.6 Å². The molecule has 6 heteroatoms. The Morgan fingerprint density at radius 2 is 2.09 bits per heavy atom. The van der Waals surface area contributed by atoms with E-state index in [4.69, 9.17) is 10.5 Å². The number of nitrogens with zero attached hydrogens (tertiary/aromatic N) is 2. The number of rotatable bonds is 5. The largest absolute Gasteiger partial charge is 0.490 e. The number of ether oxygens (including phenoxy) is 1. The van der Waals surface area contributed by atoms with Crippen LogP contribution in [-0.4, -0.2) is 29.0 Å². The minimum absolute atomic E-state index is 0.00311. The summed E-state index contributed by atoms with van der Waals surface area (Å²) in [5.74, 6) is 0.773. The van der Waals surface area contributed by atoms with Crippen molar-refractivity contribution >= 4 is 17.8 Å². The number of para-hydroxylation sites is 1. The van der Waals surface area contributed by atoms with Gasteiger partial charge < -0.3 is 10.5 Å². The fraction of sp³-hybridized carbons (Fsp3) is 0.125. The van der Waals surface area contributed by atoms with Gasteiger partial charge in [0.05, 0.1) is 0 Å². The Hall–Kier alpha value is -2.89. The fourth-order valence-electron chi connectivity index (χ4n) is 2.34.